The smallest absolute Gasteiger partial charge is 0.324 e. The molecule has 0 bridgehead atoms. The molecule has 0 aliphatic carbocycles. The topological polar surface area (TPSA) is 121 Å². The van der Waals surface area contributed by atoms with Crippen molar-refractivity contribution in [3.05, 3.63) is 60.2 Å². The lowest BCUT2D eigenvalue weighted by Gasteiger charge is -2.20. The molecule has 0 radical (unpaired) electrons. The fourth-order valence-electron chi connectivity index (χ4n) is 2.77. The average Bonchev–Trinajstić information content (AvgIpc) is 3.25. The Labute approximate surface area is 184 Å². The van der Waals surface area contributed by atoms with Gasteiger partial charge in [0.2, 0.25) is 15.8 Å². The van der Waals surface area contributed by atoms with Crippen LogP contribution >= 0.6 is 0 Å². The summed E-state index contributed by atoms with van der Waals surface area (Å²) in [6.45, 7) is 2.90. The van der Waals surface area contributed by atoms with Crippen LogP contribution in [-0.2, 0) is 26.2 Å². The van der Waals surface area contributed by atoms with E-state index in [1.807, 2.05) is 0 Å². The highest BCUT2D eigenvalue weighted by Gasteiger charge is 2.31. The third-order valence-corrected chi connectivity index (χ3v) is 5.94. The van der Waals surface area contributed by atoms with Gasteiger partial charge in [-0.15, -0.1) is 0 Å². The van der Waals surface area contributed by atoms with E-state index in [1.165, 1.54) is 19.2 Å². The van der Waals surface area contributed by atoms with Gasteiger partial charge < -0.3 is 14.0 Å². The van der Waals surface area contributed by atoms with E-state index in [9.17, 15) is 17.6 Å². The first kappa shape index (κ1) is 23.4. The van der Waals surface area contributed by atoms with E-state index in [2.05, 4.69) is 14.9 Å². The standard InChI is InChI=1S/C21H22FN3O6S/c1-13(2)19(25-32(27,28)17-10-5-4-9-16(17)22)21(26)30-12-18-23-20(24-31-18)14-7-6-8-15(11-14)29-3/h4-11,13,19,25H,12H2,1-3H3/t19-/m0/s1. The van der Waals surface area contributed by atoms with Crippen molar-refractivity contribution in [2.75, 3.05) is 7.11 Å². The number of esters is 1. The van der Waals surface area contributed by atoms with Crippen molar-refractivity contribution in [3.63, 3.8) is 0 Å². The van der Waals surface area contributed by atoms with Crippen molar-refractivity contribution in [2.45, 2.75) is 31.4 Å². The molecule has 3 rings (SSSR count). The first-order valence-electron chi connectivity index (χ1n) is 9.62. The summed E-state index contributed by atoms with van der Waals surface area (Å²) < 4.78 is 56.7. The van der Waals surface area contributed by atoms with Crippen molar-refractivity contribution < 1.29 is 31.6 Å². The number of hydrogen-bond donors (Lipinski definition) is 1. The SMILES string of the molecule is COc1cccc(-c2noc(COC(=O)[C@@H](NS(=O)(=O)c3ccccc3F)C(C)C)n2)c1. The van der Waals surface area contributed by atoms with Crippen LogP contribution in [0.4, 0.5) is 4.39 Å². The normalized spacial score (nSPS) is 12.5. The molecule has 0 unspecified atom stereocenters. The average molecular weight is 463 g/mol. The molecule has 32 heavy (non-hydrogen) atoms. The molecule has 2 aromatic carbocycles. The Morgan fingerprint density at radius 1 is 1.19 bits per heavy atom. The highest BCUT2D eigenvalue weighted by molar-refractivity contribution is 7.89. The van der Waals surface area contributed by atoms with Gasteiger partial charge in [0.15, 0.2) is 6.61 Å². The van der Waals surface area contributed by atoms with Crippen LogP contribution in [-0.4, -0.2) is 37.7 Å². The minimum atomic E-state index is -4.29. The molecule has 1 heterocycles. The monoisotopic (exact) mass is 463 g/mol. The molecule has 11 heteroatoms. The fourth-order valence-corrected chi connectivity index (χ4v) is 4.18. The summed E-state index contributed by atoms with van der Waals surface area (Å²) in [7, 11) is -2.76. The molecule has 0 aliphatic heterocycles. The van der Waals surface area contributed by atoms with Crippen molar-refractivity contribution in [1.82, 2.24) is 14.9 Å². The van der Waals surface area contributed by atoms with Gasteiger partial charge in [-0.05, 0) is 30.2 Å². The molecule has 1 aromatic heterocycles. The van der Waals surface area contributed by atoms with Crippen molar-refractivity contribution >= 4 is 16.0 Å². The molecule has 170 valence electrons. The Balaban J connectivity index is 1.68. The number of hydrogen-bond acceptors (Lipinski definition) is 8. The number of nitrogens with one attached hydrogen (secondary N) is 1. The molecular formula is C21H22FN3O6S. The zero-order chi connectivity index (χ0) is 23.3. The second-order valence-electron chi connectivity index (χ2n) is 7.12. The van der Waals surface area contributed by atoms with Crippen LogP contribution in [0.2, 0.25) is 0 Å². The van der Waals surface area contributed by atoms with Gasteiger partial charge in [0, 0.05) is 5.56 Å². The third-order valence-electron chi connectivity index (χ3n) is 4.46. The number of rotatable bonds is 9. The third kappa shape index (κ3) is 5.48. The maximum atomic E-state index is 13.9. The van der Waals surface area contributed by atoms with E-state index >= 15 is 0 Å². The van der Waals surface area contributed by atoms with Crippen LogP contribution in [0.15, 0.2) is 57.9 Å². The summed E-state index contributed by atoms with van der Waals surface area (Å²) >= 11 is 0. The fraction of sp³-hybridized carbons (Fsp3) is 0.286. The number of ether oxygens (including phenoxy) is 2. The Morgan fingerprint density at radius 3 is 2.62 bits per heavy atom. The lowest BCUT2D eigenvalue weighted by molar-refractivity contribution is -0.148. The van der Waals surface area contributed by atoms with Gasteiger partial charge in [0.1, 0.15) is 22.5 Å². The Bertz CT molecular complexity index is 1200. The molecule has 0 aliphatic rings. The molecule has 0 fully saturated rings. The Hall–Kier alpha value is -3.31. The van der Waals surface area contributed by atoms with E-state index in [0.717, 1.165) is 12.1 Å². The van der Waals surface area contributed by atoms with Crippen molar-refractivity contribution in [1.29, 1.82) is 0 Å². The van der Waals surface area contributed by atoms with Crippen LogP contribution in [0.5, 0.6) is 5.75 Å². The molecule has 0 spiro atoms. The Morgan fingerprint density at radius 2 is 1.94 bits per heavy atom. The predicted octanol–water partition coefficient (Wildman–Crippen LogP) is 2.93. The van der Waals surface area contributed by atoms with E-state index < -0.39 is 38.7 Å². The molecule has 1 N–H and O–H groups in total. The molecule has 0 saturated heterocycles. The number of carbonyl (C=O) groups excluding carboxylic acids is 1. The molecular weight excluding hydrogens is 441 g/mol. The summed E-state index contributed by atoms with van der Waals surface area (Å²) in [5.74, 6) is -1.35. The van der Waals surface area contributed by atoms with E-state index in [-0.39, 0.29) is 18.3 Å². The minimum absolute atomic E-state index is 0.0237. The number of benzene rings is 2. The summed E-state index contributed by atoms with van der Waals surface area (Å²) in [5, 5.41) is 3.84. The maximum Gasteiger partial charge on any atom is 0.324 e. The van der Waals surface area contributed by atoms with Crippen LogP contribution in [0, 0.1) is 11.7 Å². The van der Waals surface area contributed by atoms with Crippen LogP contribution in [0.25, 0.3) is 11.4 Å². The highest BCUT2D eigenvalue weighted by Crippen LogP contribution is 2.21. The minimum Gasteiger partial charge on any atom is -0.497 e. The summed E-state index contributed by atoms with van der Waals surface area (Å²) in [4.78, 5) is 16.2. The Kier molecular flexibility index (Phi) is 7.21. The maximum absolute atomic E-state index is 13.9. The zero-order valence-corrected chi connectivity index (χ0v) is 18.4. The number of aromatic nitrogens is 2. The lowest BCUT2D eigenvalue weighted by atomic mass is 10.1. The van der Waals surface area contributed by atoms with E-state index in [1.54, 1.807) is 38.1 Å². The van der Waals surface area contributed by atoms with E-state index in [4.69, 9.17) is 14.0 Å². The molecule has 3 aromatic rings. The number of halogens is 1. The largest absolute Gasteiger partial charge is 0.497 e. The van der Waals surface area contributed by atoms with Crippen LogP contribution < -0.4 is 9.46 Å². The highest BCUT2D eigenvalue weighted by atomic mass is 32.2. The van der Waals surface area contributed by atoms with Crippen LogP contribution in [0.1, 0.15) is 19.7 Å². The van der Waals surface area contributed by atoms with Gasteiger partial charge in [-0.2, -0.15) is 9.71 Å². The van der Waals surface area contributed by atoms with E-state index in [0.29, 0.717) is 11.3 Å². The molecule has 0 saturated carbocycles. The zero-order valence-electron chi connectivity index (χ0n) is 17.6. The molecule has 0 amide bonds. The summed E-state index contributed by atoms with van der Waals surface area (Å²) in [6.07, 6.45) is 0. The van der Waals surface area contributed by atoms with Gasteiger partial charge in [-0.3, -0.25) is 4.79 Å². The second-order valence-corrected chi connectivity index (χ2v) is 8.81. The van der Waals surface area contributed by atoms with Gasteiger partial charge >= 0.3 is 5.97 Å². The van der Waals surface area contributed by atoms with Crippen molar-refractivity contribution in [2.24, 2.45) is 5.92 Å². The first-order chi connectivity index (χ1) is 15.2. The molecule has 1 atom stereocenters. The summed E-state index contributed by atoms with van der Waals surface area (Å²) in [6, 6.07) is 10.6. The van der Waals surface area contributed by atoms with Gasteiger partial charge in [0.05, 0.1) is 7.11 Å². The summed E-state index contributed by atoms with van der Waals surface area (Å²) in [5.41, 5.74) is 0.642. The molecule has 9 nitrogen and oxygen atoms in total. The predicted molar refractivity (Wildman–Crippen MR) is 111 cm³/mol. The van der Waals surface area contributed by atoms with Crippen LogP contribution in [0.3, 0.4) is 0 Å². The van der Waals surface area contributed by atoms with Gasteiger partial charge in [-0.25, -0.2) is 12.8 Å². The quantitative estimate of drug-likeness (QED) is 0.481. The van der Waals surface area contributed by atoms with Crippen molar-refractivity contribution in [3.8, 4) is 17.1 Å². The second kappa shape index (κ2) is 9.88. The van der Waals surface area contributed by atoms with Gasteiger partial charge in [0.25, 0.3) is 5.89 Å². The number of carbonyl (C=O) groups is 1. The van der Waals surface area contributed by atoms with Gasteiger partial charge in [-0.1, -0.05) is 43.3 Å². The first-order valence-corrected chi connectivity index (χ1v) is 11.1. The lowest BCUT2D eigenvalue weighted by Crippen LogP contribution is -2.45. The number of nitrogens with zero attached hydrogens (tertiary/aromatic N) is 2. The number of sulfonamides is 1. The number of methoxy groups -OCH3 is 1.